The summed E-state index contributed by atoms with van der Waals surface area (Å²) in [4.78, 5) is 11.6. The van der Waals surface area contributed by atoms with Crippen molar-refractivity contribution in [2.75, 3.05) is 6.54 Å². The van der Waals surface area contributed by atoms with E-state index < -0.39 is 11.8 Å². The quantitative estimate of drug-likeness (QED) is 0.850. The van der Waals surface area contributed by atoms with Crippen LogP contribution < -0.4 is 5.32 Å². The molecule has 1 saturated heterocycles. The molecule has 1 aliphatic rings. The van der Waals surface area contributed by atoms with Crippen molar-refractivity contribution in [3.63, 3.8) is 0 Å². The average Bonchev–Trinajstić information content (AvgIpc) is 2.70. The van der Waals surface area contributed by atoms with Crippen LogP contribution in [0.5, 0.6) is 0 Å². The molecule has 3 nitrogen and oxygen atoms in total. The molecule has 5 heteroatoms. The minimum atomic E-state index is -0.621. The Hall–Kier alpha value is -0.940. The van der Waals surface area contributed by atoms with Crippen molar-refractivity contribution in [2.24, 2.45) is 0 Å². The second kappa shape index (κ2) is 4.93. The van der Waals surface area contributed by atoms with E-state index in [1.807, 2.05) is 0 Å². The van der Waals surface area contributed by atoms with Crippen LogP contribution in [0.15, 0.2) is 22.7 Å². The van der Waals surface area contributed by atoms with Gasteiger partial charge in [0.15, 0.2) is 6.23 Å². The van der Waals surface area contributed by atoms with Crippen molar-refractivity contribution >= 4 is 21.9 Å². The summed E-state index contributed by atoms with van der Waals surface area (Å²) >= 11 is 3.13. The monoisotopic (exact) mass is 287 g/mol. The highest BCUT2D eigenvalue weighted by Gasteiger charge is 2.21. The van der Waals surface area contributed by atoms with Crippen LogP contribution >= 0.6 is 15.9 Å². The maximum atomic E-state index is 13.4. The summed E-state index contributed by atoms with van der Waals surface area (Å²) in [6.07, 6.45) is 1.47. The summed E-state index contributed by atoms with van der Waals surface area (Å²) < 4.78 is 19.1. The van der Waals surface area contributed by atoms with Crippen LogP contribution in [0.1, 0.15) is 23.2 Å². The van der Waals surface area contributed by atoms with E-state index in [-0.39, 0.29) is 11.8 Å². The predicted molar refractivity (Wildman–Crippen MR) is 60.5 cm³/mol. The minimum Gasteiger partial charge on any atom is -0.443 e. The smallest absolute Gasteiger partial charge is 0.342 e. The number of halogens is 2. The van der Waals surface area contributed by atoms with E-state index in [9.17, 15) is 9.18 Å². The van der Waals surface area contributed by atoms with E-state index in [2.05, 4.69) is 21.2 Å². The van der Waals surface area contributed by atoms with Crippen LogP contribution in [0.4, 0.5) is 4.39 Å². The van der Waals surface area contributed by atoms with Gasteiger partial charge in [-0.2, -0.15) is 0 Å². The Balaban J connectivity index is 2.08. The first-order chi connectivity index (χ1) is 7.66. The van der Waals surface area contributed by atoms with Gasteiger partial charge in [-0.05, 0) is 37.6 Å². The molecule has 16 heavy (non-hydrogen) atoms. The number of hydrogen-bond acceptors (Lipinski definition) is 3. The number of nitrogens with one attached hydrogen (secondary N) is 1. The van der Waals surface area contributed by atoms with Gasteiger partial charge in [0.2, 0.25) is 0 Å². The van der Waals surface area contributed by atoms with Gasteiger partial charge in [0, 0.05) is 4.47 Å². The SMILES string of the molecule is O=C(OC1CCCN1)c1ccc(Br)cc1F. The van der Waals surface area contributed by atoms with Crippen molar-refractivity contribution < 1.29 is 13.9 Å². The molecule has 86 valence electrons. The number of ether oxygens (including phenoxy) is 1. The molecule has 1 aliphatic heterocycles. The van der Waals surface area contributed by atoms with Crippen molar-refractivity contribution in [3.8, 4) is 0 Å². The topological polar surface area (TPSA) is 38.3 Å². The fraction of sp³-hybridized carbons (Fsp3) is 0.364. The summed E-state index contributed by atoms with van der Waals surface area (Å²) in [7, 11) is 0. The zero-order valence-corrected chi connectivity index (χ0v) is 10.1. The molecule has 0 bridgehead atoms. The molecule has 2 rings (SSSR count). The molecule has 0 spiro atoms. The highest BCUT2D eigenvalue weighted by atomic mass is 79.9. The number of benzene rings is 1. The van der Waals surface area contributed by atoms with Gasteiger partial charge in [-0.15, -0.1) is 0 Å². The lowest BCUT2D eigenvalue weighted by Crippen LogP contribution is -2.27. The lowest BCUT2D eigenvalue weighted by atomic mass is 10.2. The van der Waals surface area contributed by atoms with Gasteiger partial charge in [-0.25, -0.2) is 9.18 Å². The van der Waals surface area contributed by atoms with Gasteiger partial charge in [0.1, 0.15) is 5.82 Å². The molecule has 1 atom stereocenters. The lowest BCUT2D eigenvalue weighted by Gasteiger charge is -2.12. The van der Waals surface area contributed by atoms with Crippen LogP contribution in [0.2, 0.25) is 0 Å². The van der Waals surface area contributed by atoms with Gasteiger partial charge >= 0.3 is 5.97 Å². The number of esters is 1. The van der Waals surface area contributed by atoms with Crippen molar-refractivity contribution in [3.05, 3.63) is 34.1 Å². The predicted octanol–water partition coefficient (Wildman–Crippen LogP) is 2.45. The average molecular weight is 288 g/mol. The molecule has 1 aromatic rings. The van der Waals surface area contributed by atoms with Gasteiger partial charge in [0.05, 0.1) is 5.56 Å². The molecule has 1 aromatic carbocycles. The Morgan fingerprint density at radius 2 is 2.38 bits per heavy atom. The Bertz CT molecular complexity index is 405. The highest BCUT2D eigenvalue weighted by Crippen LogP contribution is 2.17. The van der Waals surface area contributed by atoms with E-state index in [1.54, 1.807) is 6.07 Å². The Morgan fingerprint density at radius 3 is 3.00 bits per heavy atom. The molecular formula is C11H11BrFNO2. The van der Waals surface area contributed by atoms with E-state index >= 15 is 0 Å². The standard InChI is InChI=1S/C11H11BrFNO2/c12-7-3-4-8(9(13)6-7)11(15)16-10-2-1-5-14-10/h3-4,6,10,14H,1-2,5H2. The maximum Gasteiger partial charge on any atom is 0.342 e. The number of carbonyl (C=O) groups is 1. The third kappa shape index (κ3) is 2.59. The second-order valence-corrected chi connectivity index (χ2v) is 4.53. The first-order valence-electron chi connectivity index (χ1n) is 5.06. The highest BCUT2D eigenvalue weighted by molar-refractivity contribution is 9.10. The second-order valence-electron chi connectivity index (χ2n) is 3.61. The molecule has 1 fully saturated rings. The summed E-state index contributed by atoms with van der Waals surface area (Å²) in [6, 6.07) is 4.27. The van der Waals surface area contributed by atoms with Crippen LogP contribution in [-0.2, 0) is 4.74 Å². The molecule has 0 amide bonds. The first kappa shape index (κ1) is 11.5. The Kier molecular flexibility index (Phi) is 3.56. The third-order valence-electron chi connectivity index (χ3n) is 2.42. The zero-order valence-electron chi connectivity index (χ0n) is 8.50. The molecule has 0 aromatic heterocycles. The van der Waals surface area contributed by atoms with Gasteiger partial charge in [-0.1, -0.05) is 15.9 Å². The number of carbonyl (C=O) groups excluding carboxylic acids is 1. The van der Waals surface area contributed by atoms with E-state index in [0.29, 0.717) is 4.47 Å². The van der Waals surface area contributed by atoms with Crippen LogP contribution in [0, 0.1) is 5.82 Å². The summed E-state index contributed by atoms with van der Waals surface area (Å²) in [5, 5.41) is 3.01. The van der Waals surface area contributed by atoms with E-state index in [4.69, 9.17) is 4.74 Å². The minimum absolute atomic E-state index is 0.0306. The van der Waals surface area contributed by atoms with E-state index in [1.165, 1.54) is 12.1 Å². The fourth-order valence-electron chi connectivity index (χ4n) is 1.60. The van der Waals surface area contributed by atoms with Crippen molar-refractivity contribution in [1.82, 2.24) is 5.32 Å². The molecule has 0 radical (unpaired) electrons. The Labute approximate surface area is 101 Å². The van der Waals surface area contributed by atoms with Crippen LogP contribution in [-0.4, -0.2) is 18.7 Å². The summed E-state index contributed by atoms with van der Waals surface area (Å²) in [6.45, 7) is 0.834. The summed E-state index contributed by atoms with van der Waals surface area (Å²) in [5.41, 5.74) is -0.0306. The third-order valence-corrected chi connectivity index (χ3v) is 2.91. The van der Waals surface area contributed by atoms with E-state index in [0.717, 1.165) is 19.4 Å². The molecule has 0 saturated carbocycles. The van der Waals surface area contributed by atoms with Crippen molar-refractivity contribution in [1.29, 1.82) is 0 Å². The molecule has 1 heterocycles. The van der Waals surface area contributed by atoms with Crippen molar-refractivity contribution in [2.45, 2.75) is 19.1 Å². The van der Waals surface area contributed by atoms with Crippen LogP contribution in [0.25, 0.3) is 0 Å². The molecule has 1 unspecified atom stereocenters. The molecular weight excluding hydrogens is 277 g/mol. The summed E-state index contributed by atoms with van der Waals surface area (Å²) in [5.74, 6) is -1.19. The van der Waals surface area contributed by atoms with Gasteiger partial charge in [-0.3, -0.25) is 5.32 Å². The normalized spacial score (nSPS) is 19.8. The first-order valence-corrected chi connectivity index (χ1v) is 5.85. The Morgan fingerprint density at radius 1 is 1.56 bits per heavy atom. The number of rotatable bonds is 2. The molecule has 0 aliphatic carbocycles. The van der Waals surface area contributed by atoms with Gasteiger partial charge in [0.25, 0.3) is 0 Å². The lowest BCUT2D eigenvalue weighted by molar-refractivity contribution is 0.0262. The molecule has 1 N–H and O–H groups in total. The van der Waals surface area contributed by atoms with Crippen LogP contribution in [0.3, 0.4) is 0 Å². The fourth-order valence-corrected chi connectivity index (χ4v) is 1.93. The van der Waals surface area contributed by atoms with Gasteiger partial charge < -0.3 is 4.74 Å². The zero-order chi connectivity index (χ0) is 11.5. The largest absolute Gasteiger partial charge is 0.443 e. The number of hydrogen-bond donors (Lipinski definition) is 1. The maximum absolute atomic E-state index is 13.4.